The lowest BCUT2D eigenvalue weighted by Crippen LogP contribution is -2.38. The molecule has 3 nitrogen and oxygen atoms in total. The minimum Gasteiger partial charge on any atom is -0.383 e. The van der Waals surface area contributed by atoms with Crippen LogP contribution in [0.3, 0.4) is 0 Å². The van der Waals surface area contributed by atoms with Crippen LogP contribution in [0.2, 0.25) is 5.02 Å². The van der Waals surface area contributed by atoms with Crippen molar-refractivity contribution in [3.63, 3.8) is 0 Å². The van der Waals surface area contributed by atoms with Crippen LogP contribution in [0.25, 0.3) is 0 Å². The Morgan fingerprint density at radius 2 is 2.26 bits per heavy atom. The molecule has 1 aromatic rings. The van der Waals surface area contributed by atoms with E-state index in [1.54, 1.807) is 13.3 Å². The van der Waals surface area contributed by atoms with E-state index in [0.29, 0.717) is 23.6 Å². The highest BCUT2D eigenvalue weighted by molar-refractivity contribution is 6.33. The topological polar surface area (TPSA) is 25.4 Å². The van der Waals surface area contributed by atoms with Gasteiger partial charge in [-0.1, -0.05) is 11.6 Å². The zero-order chi connectivity index (χ0) is 13.8. The summed E-state index contributed by atoms with van der Waals surface area (Å²) in [4.78, 5) is 6.74. The molecular weight excluding hydrogens is 283 g/mol. The number of ether oxygens (including phenoxy) is 1. The SMILES string of the molecule is COCCN(c1ncc(CCl)cc1Cl)C(C)C1CC1. The molecule has 0 spiro atoms. The maximum Gasteiger partial charge on any atom is 0.147 e. The first kappa shape index (κ1) is 14.9. The highest BCUT2D eigenvalue weighted by Crippen LogP contribution is 2.38. The molecule has 0 radical (unpaired) electrons. The zero-order valence-corrected chi connectivity index (χ0v) is 12.9. The van der Waals surface area contributed by atoms with E-state index in [0.717, 1.165) is 23.8 Å². The number of nitrogens with zero attached hydrogens (tertiary/aromatic N) is 2. The van der Waals surface area contributed by atoms with Crippen molar-refractivity contribution in [3.05, 3.63) is 22.8 Å². The number of hydrogen-bond donors (Lipinski definition) is 0. The molecule has 1 aliphatic rings. The van der Waals surface area contributed by atoms with E-state index in [-0.39, 0.29) is 0 Å². The Kier molecular flexibility index (Phi) is 5.31. The first-order valence-electron chi connectivity index (χ1n) is 6.63. The molecule has 0 aromatic carbocycles. The predicted molar refractivity (Wildman–Crippen MR) is 80.2 cm³/mol. The van der Waals surface area contributed by atoms with Crippen LogP contribution in [-0.2, 0) is 10.6 Å². The standard InChI is InChI=1S/C14H20Cl2N2O/c1-10(12-3-4-12)18(5-6-19-2)14-13(16)7-11(8-15)9-17-14/h7,9-10,12H,3-6,8H2,1-2H3. The van der Waals surface area contributed by atoms with Gasteiger partial charge in [-0.2, -0.15) is 0 Å². The van der Waals surface area contributed by atoms with Gasteiger partial charge in [0.25, 0.3) is 0 Å². The second kappa shape index (κ2) is 6.78. The fourth-order valence-corrected chi connectivity index (χ4v) is 2.72. The molecule has 0 N–H and O–H groups in total. The van der Waals surface area contributed by atoms with Gasteiger partial charge in [-0.05, 0) is 37.3 Å². The fraction of sp³-hybridized carbons (Fsp3) is 0.643. The summed E-state index contributed by atoms with van der Waals surface area (Å²) in [5, 5.41) is 0.668. The van der Waals surface area contributed by atoms with Crippen molar-refractivity contribution in [2.75, 3.05) is 25.2 Å². The van der Waals surface area contributed by atoms with E-state index in [2.05, 4.69) is 16.8 Å². The van der Waals surface area contributed by atoms with E-state index in [9.17, 15) is 0 Å². The molecule has 2 rings (SSSR count). The lowest BCUT2D eigenvalue weighted by atomic mass is 10.1. The lowest BCUT2D eigenvalue weighted by Gasteiger charge is -2.31. The van der Waals surface area contributed by atoms with Crippen molar-refractivity contribution in [3.8, 4) is 0 Å². The fourth-order valence-electron chi connectivity index (χ4n) is 2.28. The molecule has 0 saturated heterocycles. The van der Waals surface area contributed by atoms with Crippen LogP contribution in [0.1, 0.15) is 25.3 Å². The highest BCUT2D eigenvalue weighted by Gasteiger charge is 2.33. The molecule has 0 bridgehead atoms. The number of halogens is 2. The smallest absolute Gasteiger partial charge is 0.147 e. The van der Waals surface area contributed by atoms with Gasteiger partial charge >= 0.3 is 0 Å². The van der Waals surface area contributed by atoms with Crippen LogP contribution < -0.4 is 4.90 Å². The summed E-state index contributed by atoms with van der Waals surface area (Å²) in [6.45, 7) is 3.72. The first-order valence-corrected chi connectivity index (χ1v) is 7.54. The summed E-state index contributed by atoms with van der Waals surface area (Å²) >= 11 is 12.2. The van der Waals surface area contributed by atoms with E-state index in [1.165, 1.54) is 12.8 Å². The number of alkyl halides is 1. The van der Waals surface area contributed by atoms with Crippen molar-refractivity contribution in [2.45, 2.75) is 31.7 Å². The zero-order valence-electron chi connectivity index (χ0n) is 11.4. The van der Waals surface area contributed by atoms with Crippen LogP contribution in [0.5, 0.6) is 0 Å². The maximum atomic E-state index is 6.35. The van der Waals surface area contributed by atoms with Gasteiger partial charge in [0.2, 0.25) is 0 Å². The van der Waals surface area contributed by atoms with Gasteiger partial charge in [-0.3, -0.25) is 0 Å². The molecule has 1 aromatic heterocycles. The number of hydrogen-bond acceptors (Lipinski definition) is 3. The van der Waals surface area contributed by atoms with Gasteiger partial charge in [0.05, 0.1) is 11.6 Å². The predicted octanol–water partition coefficient (Wildman–Crippen LogP) is 3.73. The Bertz CT molecular complexity index is 424. The lowest BCUT2D eigenvalue weighted by molar-refractivity contribution is 0.202. The molecule has 0 amide bonds. The number of anilines is 1. The highest BCUT2D eigenvalue weighted by atomic mass is 35.5. The quantitative estimate of drug-likeness (QED) is 0.718. The second-order valence-electron chi connectivity index (χ2n) is 5.05. The molecule has 5 heteroatoms. The second-order valence-corrected chi connectivity index (χ2v) is 5.72. The van der Waals surface area contributed by atoms with E-state index in [1.807, 2.05) is 6.07 Å². The molecular formula is C14H20Cl2N2O. The van der Waals surface area contributed by atoms with Crippen LogP contribution in [-0.4, -0.2) is 31.3 Å². The van der Waals surface area contributed by atoms with E-state index < -0.39 is 0 Å². The summed E-state index contributed by atoms with van der Waals surface area (Å²) in [7, 11) is 1.71. The third-order valence-corrected chi connectivity index (χ3v) is 4.22. The van der Waals surface area contributed by atoms with Gasteiger partial charge in [0.15, 0.2) is 0 Å². The Morgan fingerprint density at radius 1 is 1.53 bits per heavy atom. The number of pyridine rings is 1. The Labute approximate surface area is 124 Å². The third-order valence-electron chi connectivity index (χ3n) is 3.64. The molecule has 19 heavy (non-hydrogen) atoms. The van der Waals surface area contributed by atoms with Crippen molar-refractivity contribution in [2.24, 2.45) is 5.92 Å². The average Bonchev–Trinajstić information content (AvgIpc) is 3.24. The normalized spacial score (nSPS) is 16.4. The van der Waals surface area contributed by atoms with E-state index in [4.69, 9.17) is 27.9 Å². The molecule has 1 heterocycles. The molecule has 1 fully saturated rings. The largest absolute Gasteiger partial charge is 0.383 e. The summed E-state index contributed by atoms with van der Waals surface area (Å²) in [6, 6.07) is 2.35. The number of aromatic nitrogens is 1. The minimum absolute atomic E-state index is 0.434. The average molecular weight is 303 g/mol. The van der Waals surface area contributed by atoms with Crippen molar-refractivity contribution in [1.82, 2.24) is 4.98 Å². The third kappa shape index (κ3) is 3.74. The van der Waals surface area contributed by atoms with Crippen molar-refractivity contribution >= 4 is 29.0 Å². The van der Waals surface area contributed by atoms with Crippen LogP contribution >= 0.6 is 23.2 Å². The van der Waals surface area contributed by atoms with Gasteiger partial charge in [-0.15, -0.1) is 11.6 Å². The molecule has 0 aliphatic heterocycles. The first-order chi connectivity index (χ1) is 9.17. The maximum absolute atomic E-state index is 6.35. The van der Waals surface area contributed by atoms with Crippen LogP contribution in [0.15, 0.2) is 12.3 Å². The molecule has 1 aliphatic carbocycles. The van der Waals surface area contributed by atoms with Crippen LogP contribution in [0, 0.1) is 5.92 Å². The van der Waals surface area contributed by atoms with Gasteiger partial charge in [0.1, 0.15) is 5.82 Å². The van der Waals surface area contributed by atoms with Gasteiger partial charge in [-0.25, -0.2) is 4.98 Å². The van der Waals surface area contributed by atoms with E-state index >= 15 is 0 Å². The Balaban J connectivity index is 2.20. The molecule has 1 saturated carbocycles. The summed E-state index contributed by atoms with van der Waals surface area (Å²) in [5.74, 6) is 2.03. The molecule has 1 unspecified atom stereocenters. The van der Waals surface area contributed by atoms with Crippen molar-refractivity contribution < 1.29 is 4.74 Å². The number of rotatable bonds is 7. The molecule has 1 atom stereocenters. The number of methoxy groups -OCH3 is 1. The summed E-state index contributed by atoms with van der Waals surface area (Å²) < 4.78 is 5.20. The summed E-state index contributed by atoms with van der Waals surface area (Å²) in [6.07, 6.45) is 4.39. The Hall–Kier alpha value is -0.510. The van der Waals surface area contributed by atoms with Crippen LogP contribution in [0.4, 0.5) is 5.82 Å². The minimum atomic E-state index is 0.434. The monoisotopic (exact) mass is 302 g/mol. The van der Waals surface area contributed by atoms with Gasteiger partial charge in [0, 0.05) is 31.8 Å². The molecule has 106 valence electrons. The van der Waals surface area contributed by atoms with Gasteiger partial charge < -0.3 is 9.64 Å². The summed E-state index contributed by atoms with van der Waals surface area (Å²) in [5.41, 5.74) is 0.946. The Morgan fingerprint density at radius 3 is 2.79 bits per heavy atom. The van der Waals surface area contributed by atoms with Crippen molar-refractivity contribution in [1.29, 1.82) is 0 Å².